The van der Waals surface area contributed by atoms with Crippen LogP contribution in [0, 0.1) is 0 Å². The summed E-state index contributed by atoms with van der Waals surface area (Å²) in [6, 6.07) is 6.56. The molecule has 2 heteroatoms. The molecule has 0 radical (unpaired) electrons. The van der Waals surface area contributed by atoms with Gasteiger partial charge in [-0.05, 0) is 22.0 Å². The summed E-state index contributed by atoms with van der Waals surface area (Å²) in [5.41, 5.74) is 3.00. The van der Waals surface area contributed by atoms with Crippen molar-refractivity contribution < 1.29 is 4.18 Å². The van der Waals surface area contributed by atoms with Gasteiger partial charge in [0, 0.05) is 16.9 Å². The molecule has 0 unspecified atom stereocenters. The van der Waals surface area contributed by atoms with Gasteiger partial charge in [0.1, 0.15) is 0 Å². The van der Waals surface area contributed by atoms with Crippen molar-refractivity contribution in [2.75, 3.05) is 7.11 Å². The lowest BCUT2D eigenvalue weighted by molar-refractivity contribution is 0.481. The molecule has 96 valence electrons. The molecule has 0 aliphatic heterocycles. The summed E-state index contributed by atoms with van der Waals surface area (Å²) in [6.07, 6.45) is 0. The van der Waals surface area contributed by atoms with Crippen LogP contribution >= 0.6 is 12.0 Å². The normalized spacial score (nSPS) is 12.9. The van der Waals surface area contributed by atoms with Crippen LogP contribution in [-0.4, -0.2) is 7.11 Å². The fourth-order valence-electron chi connectivity index (χ4n) is 1.89. The molecule has 1 aromatic rings. The van der Waals surface area contributed by atoms with E-state index in [2.05, 4.69) is 59.7 Å². The quantitative estimate of drug-likeness (QED) is 0.690. The molecule has 0 heterocycles. The Morgan fingerprint density at radius 1 is 0.882 bits per heavy atom. The molecule has 0 N–H and O–H groups in total. The smallest absolute Gasteiger partial charge is 0.0508 e. The fraction of sp³-hybridized carbons (Fsp3) is 0.600. The molecule has 0 spiro atoms. The van der Waals surface area contributed by atoms with Gasteiger partial charge in [-0.1, -0.05) is 59.7 Å². The van der Waals surface area contributed by atoms with Crippen LogP contribution < -0.4 is 0 Å². The van der Waals surface area contributed by atoms with Crippen molar-refractivity contribution in [2.45, 2.75) is 57.3 Å². The molecule has 0 saturated carbocycles. The topological polar surface area (TPSA) is 9.23 Å². The standard InChI is InChI=1S/C15H24OS/c1-14(2,3)11-9-8-10-12(15(4,5)6)13(11)17-16-7/h8-10H,1-7H3. The van der Waals surface area contributed by atoms with Gasteiger partial charge in [-0.25, -0.2) is 0 Å². The minimum Gasteiger partial charge on any atom is -0.314 e. The van der Waals surface area contributed by atoms with Crippen LogP contribution in [0.1, 0.15) is 52.7 Å². The summed E-state index contributed by atoms with van der Waals surface area (Å²) < 4.78 is 5.32. The summed E-state index contributed by atoms with van der Waals surface area (Å²) in [7, 11) is 1.73. The molecule has 1 nitrogen and oxygen atoms in total. The highest BCUT2D eigenvalue weighted by molar-refractivity contribution is 7.94. The van der Waals surface area contributed by atoms with Crippen LogP contribution in [0.4, 0.5) is 0 Å². The number of benzene rings is 1. The van der Waals surface area contributed by atoms with Gasteiger partial charge >= 0.3 is 0 Å². The van der Waals surface area contributed by atoms with E-state index >= 15 is 0 Å². The van der Waals surface area contributed by atoms with Gasteiger partial charge in [0.05, 0.1) is 7.11 Å². The Balaban J connectivity index is 3.43. The Morgan fingerprint density at radius 3 is 1.59 bits per heavy atom. The van der Waals surface area contributed by atoms with Crippen molar-refractivity contribution in [1.82, 2.24) is 0 Å². The lowest BCUT2D eigenvalue weighted by atomic mass is 9.80. The molecule has 17 heavy (non-hydrogen) atoms. The Labute approximate surface area is 110 Å². The van der Waals surface area contributed by atoms with E-state index < -0.39 is 0 Å². The van der Waals surface area contributed by atoms with Gasteiger partial charge in [0.2, 0.25) is 0 Å². The van der Waals surface area contributed by atoms with Crippen LogP contribution in [0.5, 0.6) is 0 Å². The van der Waals surface area contributed by atoms with E-state index in [0.29, 0.717) is 0 Å². The molecular weight excluding hydrogens is 228 g/mol. The molecule has 0 fully saturated rings. The van der Waals surface area contributed by atoms with E-state index in [0.717, 1.165) is 0 Å². The highest BCUT2D eigenvalue weighted by atomic mass is 32.2. The average molecular weight is 252 g/mol. The van der Waals surface area contributed by atoms with Gasteiger partial charge in [-0.3, -0.25) is 0 Å². The maximum atomic E-state index is 5.32. The van der Waals surface area contributed by atoms with E-state index in [1.54, 1.807) is 7.11 Å². The molecule has 0 atom stereocenters. The maximum absolute atomic E-state index is 5.32. The lowest BCUT2D eigenvalue weighted by Crippen LogP contribution is -2.18. The molecule has 0 aromatic heterocycles. The zero-order chi connectivity index (χ0) is 13.3. The largest absolute Gasteiger partial charge is 0.314 e. The summed E-state index contributed by atoms with van der Waals surface area (Å²) in [6.45, 7) is 13.5. The Kier molecular flexibility index (Phi) is 4.32. The minimum atomic E-state index is 0.141. The first-order valence-corrected chi connectivity index (χ1v) is 6.76. The zero-order valence-corrected chi connectivity index (χ0v) is 12.9. The van der Waals surface area contributed by atoms with Gasteiger partial charge in [-0.15, -0.1) is 0 Å². The van der Waals surface area contributed by atoms with Crippen LogP contribution in [0.25, 0.3) is 0 Å². The molecule has 1 rings (SSSR count). The second kappa shape index (κ2) is 5.03. The predicted molar refractivity (Wildman–Crippen MR) is 76.7 cm³/mol. The van der Waals surface area contributed by atoms with Crippen molar-refractivity contribution in [2.24, 2.45) is 0 Å². The van der Waals surface area contributed by atoms with Crippen LogP contribution in [0.15, 0.2) is 23.1 Å². The van der Waals surface area contributed by atoms with Gasteiger partial charge in [-0.2, -0.15) is 0 Å². The van der Waals surface area contributed by atoms with Crippen molar-refractivity contribution in [3.05, 3.63) is 29.3 Å². The Morgan fingerprint density at radius 2 is 1.29 bits per heavy atom. The molecular formula is C15H24OS. The van der Waals surface area contributed by atoms with Gasteiger partial charge in [0.25, 0.3) is 0 Å². The summed E-state index contributed by atoms with van der Waals surface area (Å²) in [4.78, 5) is 1.27. The average Bonchev–Trinajstić information content (AvgIpc) is 2.15. The highest BCUT2D eigenvalue weighted by Crippen LogP contribution is 2.39. The number of rotatable bonds is 2. The molecule has 0 amide bonds. The van der Waals surface area contributed by atoms with Gasteiger partial charge in [0.15, 0.2) is 0 Å². The molecule has 0 aliphatic carbocycles. The fourth-order valence-corrected chi connectivity index (χ4v) is 2.99. The van der Waals surface area contributed by atoms with Crippen LogP contribution in [-0.2, 0) is 15.0 Å². The highest BCUT2D eigenvalue weighted by Gasteiger charge is 2.25. The maximum Gasteiger partial charge on any atom is 0.0508 e. The predicted octanol–water partition coefficient (Wildman–Crippen LogP) is 4.94. The van der Waals surface area contributed by atoms with Crippen molar-refractivity contribution in [3.8, 4) is 0 Å². The van der Waals surface area contributed by atoms with E-state index in [-0.39, 0.29) is 10.8 Å². The van der Waals surface area contributed by atoms with E-state index in [9.17, 15) is 0 Å². The summed E-state index contributed by atoms with van der Waals surface area (Å²) in [5, 5.41) is 0. The monoisotopic (exact) mass is 252 g/mol. The second-order valence-electron chi connectivity index (χ2n) is 6.43. The Hall–Kier alpha value is -0.470. The third-order valence-electron chi connectivity index (χ3n) is 2.80. The van der Waals surface area contributed by atoms with Gasteiger partial charge < -0.3 is 4.18 Å². The molecule has 0 aliphatic rings. The van der Waals surface area contributed by atoms with Crippen LogP contribution in [0.2, 0.25) is 0 Å². The number of hydrogen-bond donors (Lipinski definition) is 0. The minimum absolute atomic E-state index is 0.141. The Bertz CT molecular complexity index is 351. The zero-order valence-electron chi connectivity index (χ0n) is 12.0. The van der Waals surface area contributed by atoms with E-state index in [1.807, 2.05) is 0 Å². The SMILES string of the molecule is COSc1c(C(C)(C)C)cccc1C(C)(C)C. The number of hydrogen-bond acceptors (Lipinski definition) is 2. The van der Waals surface area contributed by atoms with Crippen molar-refractivity contribution in [1.29, 1.82) is 0 Å². The van der Waals surface area contributed by atoms with E-state index in [1.165, 1.54) is 28.1 Å². The lowest BCUT2D eigenvalue weighted by Gasteiger charge is -2.28. The summed E-state index contributed by atoms with van der Waals surface area (Å²) in [5.74, 6) is 0. The first-order valence-electron chi connectivity index (χ1n) is 6.02. The summed E-state index contributed by atoms with van der Waals surface area (Å²) >= 11 is 1.48. The first kappa shape index (κ1) is 14.6. The van der Waals surface area contributed by atoms with Crippen molar-refractivity contribution in [3.63, 3.8) is 0 Å². The van der Waals surface area contributed by atoms with Crippen LogP contribution in [0.3, 0.4) is 0 Å². The third kappa shape index (κ3) is 3.49. The molecule has 0 bridgehead atoms. The second-order valence-corrected chi connectivity index (χ2v) is 7.34. The molecule has 1 aromatic carbocycles. The first-order chi connectivity index (χ1) is 7.68. The third-order valence-corrected chi connectivity index (χ3v) is 3.57. The molecule has 0 saturated heterocycles. The van der Waals surface area contributed by atoms with E-state index in [4.69, 9.17) is 4.18 Å². The van der Waals surface area contributed by atoms with Crippen molar-refractivity contribution >= 4 is 12.0 Å².